The maximum Gasteiger partial charge on any atom is 0.321 e. The van der Waals surface area contributed by atoms with Gasteiger partial charge in [0.2, 0.25) is 5.95 Å². The highest BCUT2D eigenvalue weighted by Gasteiger charge is 2.18. The largest absolute Gasteiger partial charge is 0.364 e. The predicted molar refractivity (Wildman–Crippen MR) is 133 cm³/mol. The van der Waals surface area contributed by atoms with Gasteiger partial charge in [-0.15, -0.1) is 0 Å². The van der Waals surface area contributed by atoms with E-state index < -0.39 is 0 Å². The molecular formula is C24H29BN6O. The van der Waals surface area contributed by atoms with Crippen molar-refractivity contribution in [2.45, 2.75) is 32.2 Å². The number of nitrogens with zero attached hydrogens (tertiary/aromatic N) is 3. The van der Waals surface area contributed by atoms with E-state index in [1.807, 2.05) is 49.3 Å². The number of aromatic nitrogens is 2. The molecule has 7 nitrogen and oxygen atoms in total. The SMILES string of the molecule is Bc1cnc(Nc2cccc(NC(=O)N3CCCC3)c2)nc1NC(CC)c1ccccc1. The van der Waals surface area contributed by atoms with E-state index in [1.54, 1.807) is 0 Å². The fraction of sp³-hybridized carbons (Fsp3) is 0.292. The topological polar surface area (TPSA) is 82.2 Å². The van der Waals surface area contributed by atoms with Gasteiger partial charge in [-0.3, -0.25) is 0 Å². The fourth-order valence-corrected chi connectivity index (χ4v) is 3.85. The molecule has 0 saturated carbocycles. The van der Waals surface area contributed by atoms with E-state index in [2.05, 4.69) is 52.1 Å². The zero-order valence-electron chi connectivity index (χ0n) is 18.6. The van der Waals surface area contributed by atoms with Crippen molar-refractivity contribution >= 4 is 42.5 Å². The minimum Gasteiger partial charge on any atom is -0.364 e. The molecule has 0 bridgehead atoms. The number of amides is 2. The minimum atomic E-state index is -0.0516. The molecule has 164 valence electrons. The van der Waals surface area contributed by atoms with Crippen LogP contribution in [-0.4, -0.2) is 41.8 Å². The normalized spacial score (nSPS) is 14.1. The van der Waals surface area contributed by atoms with E-state index in [-0.39, 0.29) is 12.1 Å². The van der Waals surface area contributed by atoms with Gasteiger partial charge in [0.25, 0.3) is 0 Å². The van der Waals surface area contributed by atoms with Crippen LogP contribution in [0.2, 0.25) is 0 Å². The van der Waals surface area contributed by atoms with Gasteiger partial charge in [0.1, 0.15) is 13.7 Å². The van der Waals surface area contributed by atoms with E-state index in [0.29, 0.717) is 5.95 Å². The Balaban J connectivity index is 1.46. The second kappa shape index (κ2) is 10.2. The number of nitrogens with one attached hydrogen (secondary N) is 3. The van der Waals surface area contributed by atoms with Gasteiger partial charge in [-0.25, -0.2) is 9.78 Å². The molecule has 1 saturated heterocycles. The first-order chi connectivity index (χ1) is 15.6. The Morgan fingerprint density at radius 2 is 1.84 bits per heavy atom. The molecule has 32 heavy (non-hydrogen) atoms. The predicted octanol–water partition coefficient (Wildman–Crippen LogP) is 3.67. The van der Waals surface area contributed by atoms with Gasteiger partial charge in [0.05, 0.1) is 6.04 Å². The summed E-state index contributed by atoms with van der Waals surface area (Å²) in [6, 6.07) is 18.1. The summed E-state index contributed by atoms with van der Waals surface area (Å²) in [7, 11) is 2.00. The van der Waals surface area contributed by atoms with E-state index in [4.69, 9.17) is 4.98 Å². The van der Waals surface area contributed by atoms with Crippen LogP contribution >= 0.6 is 0 Å². The molecule has 1 aromatic heterocycles. The number of carbonyl (C=O) groups is 1. The monoisotopic (exact) mass is 428 g/mol. The molecule has 2 aromatic carbocycles. The van der Waals surface area contributed by atoms with Crippen LogP contribution in [0.5, 0.6) is 0 Å². The van der Waals surface area contributed by atoms with E-state index >= 15 is 0 Å². The van der Waals surface area contributed by atoms with Gasteiger partial charge in [-0.05, 0) is 48.5 Å². The third kappa shape index (κ3) is 5.38. The fourth-order valence-electron chi connectivity index (χ4n) is 3.85. The van der Waals surface area contributed by atoms with Crippen LogP contribution in [-0.2, 0) is 0 Å². The molecule has 2 amide bonds. The van der Waals surface area contributed by atoms with Gasteiger partial charge < -0.3 is 20.9 Å². The van der Waals surface area contributed by atoms with Gasteiger partial charge in [0.15, 0.2) is 0 Å². The zero-order valence-corrected chi connectivity index (χ0v) is 18.6. The number of hydrogen-bond donors (Lipinski definition) is 3. The molecule has 1 unspecified atom stereocenters. The summed E-state index contributed by atoms with van der Waals surface area (Å²) in [5.41, 5.74) is 3.77. The lowest BCUT2D eigenvalue weighted by Crippen LogP contribution is -2.32. The number of rotatable bonds is 7. The summed E-state index contributed by atoms with van der Waals surface area (Å²) in [6.45, 7) is 3.79. The highest BCUT2D eigenvalue weighted by atomic mass is 16.2. The first-order valence-electron chi connectivity index (χ1n) is 11.2. The highest BCUT2D eigenvalue weighted by Crippen LogP contribution is 2.22. The van der Waals surface area contributed by atoms with Crippen LogP contribution in [0.1, 0.15) is 37.8 Å². The van der Waals surface area contributed by atoms with E-state index in [0.717, 1.165) is 55.0 Å². The van der Waals surface area contributed by atoms with Gasteiger partial charge in [-0.2, -0.15) is 4.98 Å². The molecule has 0 aliphatic carbocycles. The number of urea groups is 1. The molecule has 1 fully saturated rings. The quantitative estimate of drug-likeness (QED) is 0.501. The van der Waals surface area contributed by atoms with Crippen LogP contribution in [0.25, 0.3) is 0 Å². The first-order valence-corrected chi connectivity index (χ1v) is 11.2. The second-order valence-corrected chi connectivity index (χ2v) is 8.07. The van der Waals surface area contributed by atoms with Crippen molar-refractivity contribution < 1.29 is 4.79 Å². The third-order valence-electron chi connectivity index (χ3n) is 5.66. The Hall–Kier alpha value is -3.55. The lowest BCUT2D eigenvalue weighted by molar-refractivity contribution is 0.222. The minimum absolute atomic E-state index is 0.0516. The van der Waals surface area contributed by atoms with Crippen molar-refractivity contribution in [3.8, 4) is 0 Å². The molecule has 3 aromatic rings. The highest BCUT2D eigenvalue weighted by molar-refractivity contribution is 6.35. The number of anilines is 4. The Bertz CT molecular complexity index is 1060. The average molecular weight is 428 g/mol. The molecule has 4 rings (SSSR count). The Kier molecular flexibility index (Phi) is 6.89. The zero-order chi connectivity index (χ0) is 22.3. The molecule has 8 heteroatoms. The van der Waals surface area contributed by atoms with Crippen molar-refractivity contribution in [1.82, 2.24) is 14.9 Å². The smallest absolute Gasteiger partial charge is 0.321 e. The van der Waals surface area contributed by atoms with E-state index in [9.17, 15) is 4.79 Å². The van der Waals surface area contributed by atoms with Crippen molar-refractivity contribution in [2.75, 3.05) is 29.0 Å². The molecule has 0 spiro atoms. The lowest BCUT2D eigenvalue weighted by atomic mass is 9.97. The number of hydrogen-bond acceptors (Lipinski definition) is 5. The molecule has 2 heterocycles. The molecule has 0 radical (unpaired) electrons. The van der Waals surface area contributed by atoms with Gasteiger partial charge in [-0.1, -0.05) is 43.3 Å². The van der Waals surface area contributed by atoms with Crippen LogP contribution in [0, 0.1) is 0 Å². The summed E-state index contributed by atoms with van der Waals surface area (Å²) in [6.07, 6.45) is 4.89. The summed E-state index contributed by atoms with van der Waals surface area (Å²) in [4.78, 5) is 23.4. The maximum atomic E-state index is 12.4. The Morgan fingerprint density at radius 1 is 1.09 bits per heavy atom. The summed E-state index contributed by atoms with van der Waals surface area (Å²) < 4.78 is 0. The Labute approximate surface area is 190 Å². The molecular weight excluding hydrogens is 399 g/mol. The summed E-state index contributed by atoms with van der Waals surface area (Å²) in [5.74, 6) is 1.31. The number of benzene rings is 2. The maximum absolute atomic E-state index is 12.4. The second-order valence-electron chi connectivity index (χ2n) is 8.07. The van der Waals surface area contributed by atoms with Crippen molar-refractivity contribution in [1.29, 1.82) is 0 Å². The van der Waals surface area contributed by atoms with Gasteiger partial charge in [0, 0.05) is 30.7 Å². The van der Waals surface area contributed by atoms with Crippen LogP contribution in [0.3, 0.4) is 0 Å². The van der Waals surface area contributed by atoms with E-state index in [1.165, 1.54) is 5.56 Å². The van der Waals surface area contributed by atoms with Crippen molar-refractivity contribution in [3.63, 3.8) is 0 Å². The third-order valence-corrected chi connectivity index (χ3v) is 5.66. The summed E-state index contributed by atoms with van der Waals surface area (Å²) in [5, 5.41) is 9.79. The molecule has 1 aliphatic heterocycles. The van der Waals surface area contributed by atoms with Crippen LogP contribution < -0.4 is 21.4 Å². The van der Waals surface area contributed by atoms with Crippen molar-refractivity contribution in [3.05, 3.63) is 66.4 Å². The van der Waals surface area contributed by atoms with Gasteiger partial charge >= 0.3 is 6.03 Å². The van der Waals surface area contributed by atoms with Crippen LogP contribution in [0.15, 0.2) is 60.8 Å². The molecule has 1 atom stereocenters. The number of likely N-dealkylation sites (tertiary alicyclic amines) is 1. The first kappa shape index (κ1) is 21.7. The standard InChI is InChI=1S/C24H29BN6O/c1-2-21(17-9-4-3-5-10-17)29-22-20(25)16-26-23(30-22)27-18-11-8-12-19(15-18)28-24(32)31-13-6-7-14-31/h3-5,8-12,15-16,21H,2,6-7,13-14,25H2,1H3,(H,28,32)(H2,26,27,29,30). The number of carbonyl (C=O) groups excluding carboxylic acids is 1. The van der Waals surface area contributed by atoms with Crippen molar-refractivity contribution in [2.24, 2.45) is 0 Å². The molecule has 3 N–H and O–H groups in total. The average Bonchev–Trinajstić information content (AvgIpc) is 3.35. The molecule has 1 aliphatic rings. The summed E-state index contributed by atoms with van der Waals surface area (Å²) >= 11 is 0. The Morgan fingerprint density at radius 3 is 2.59 bits per heavy atom. The van der Waals surface area contributed by atoms with Crippen LogP contribution in [0.4, 0.5) is 27.9 Å². The lowest BCUT2D eigenvalue weighted by Gasteiger charge is -2.20.